The van der Waals surface area contributed by atoms with Crippen molar-refractivity contribution in [2.24, 2.45) is 0 Å². The summed E-state index contributed by atoms with van der Waals surface area (Å²) in [6.07, 6.45) is -6.98. The number of carboxylic acid groups (broad SMARTS) is 1. The van der Waals surface area contributed by atoms with E-state index in [1.54, 1.807) is 0 Å². The first-order valence-electron chi connectivity index (χ1n) is 7.21. The van der Waals surface area contributed by atoms with Gasteiger partial charge in [0.05, 0.1) is 5.57 Å². The van der Waals surface area contributed by atoms with E-state index in [0.29, 0.717) is 6.08 Å². The third-order valence-corrected chi connectivity index (χ3v) is 3.77. The molecule has 1 heterocycles. The van der Waals surface area contributed by atoms with Gasteiger partial charge in [0.15, 0.2) is 23.1 Å². The highest BCUT2D eigenvalue weighted by Crippen LogP contribution is 2.39. The molecule has 0 saturated heterocycles. The van der Waals surface area contributed by atoms with Crippen LogP contribution in [0, 0.1) is 11.6 Å². The summed E-state index contributed by atoms with van der Waals surface area (Å²) in [7, 11) is 0. The lowest BCUT2D eigenvalue weighted by Crippen LogP contribution is -2.40. The number of hydrogen-bond acceptors (Lipinski definition) is 3. The second-order valence-corrected chi connectivity index (χ2v) is 6.22. The van der Waals surface area contributed by atoms with Gasteiger partial charge in [0.2, 0.25) is 6.10 Å². The fourth-order valence-electron chi connectivity index (χ4n) is 2.13. The van der Waals surface area contributed by atoms with Crippen molar-refractivity contribution in [3.63, 3.8) is 0 Å². The van der Waals surface area contributed by atoms with Crippen molar-refractivity contribution in [3.05, 3.63) is 63.1 Å². The number of carboxylic acids is 1. The number of aliphatic carboxylic acids is 1. The van der Waals surface area contributed by atoms with Crippen molar-refractivity contribution < 1.29 is 41.7 Å². The van der Waals surface area contributed by atoms with Gasteiger partial charge in [0, 0.05) is 15.6 Å². The van der Waals surface area contributed by atoms with E-state index in [1.807, 2.05) is 0 Å². The molecule has 0 fully saturated rings. The number of fused-ring (bicyclic) bond motifs is 1. The lowest BCUT2D eigenvalue weighted by Gasteiger charge is -2.27. The Morgan fingerprint density at radius 3 is 2.14 bits per heavy atom. The molecule has 0 saturated carbocycles. The van der Waals surface area contributed by atoms with Gasteiger partial charge in [-0.15, -0.1) is 0 Å². The molecule has 11 heteroatoms. The Morgan fingerprint density at radius 1 is 1.04 bits per heavy atom. The van der Waals surface area contributed by atoms with E-state index < -0.39 is 41.2 Å². The predicted octanol–water partition coefficient (Wildman–Crippen LogP) is 5.46. The molecule has 1 aliphatic heterocycles. The third-order valence-electron chi connectivity index (χ3n) is 3.32. The van der Waals surface area contributed by atoms with Crippen LogP contribution in [0.3, 0.4) is 0 Å². The maximum absolute atomic E-state index is 13.5. The van der Waals surface area contributed by atoms with Gasteiger partial charge >= 0.3 is 12.1 Å². The molecule has 150 valence electrons. The minimum atomic E-state index is -4.96. The molecule has 0 aromatic heterocycles. The van der Waals surface area contributed by atoms with Gasteiger partial charge in [-0.25, -0.2) is 13.6 Å². The Morgan fingerprint density at radius 2 is 1.64 bits per heavy atom. The minimum Gasteiger partial charge on any atom is -0.505 e. The fraction of sp³-hybridized carbons (Fsp3) is 0.118. The number of rotatable bonds is 1. The smallest absolute Gasteiger partial charge is 0.430 e. The second-order valence-electron chi connectivity index (χ2n) is 5.35. The molecule has 1 atom stereocenters. The number of benzene rings is 2. The maximum atomic E-state index is 13.5. The van der Waals surface area contributed by atoms with E-state index in [4.69, 9.17) is 33.4 Å². The molecule has 0 amide bonds. The summed E-state index contributed by atoms with van der Waals surface area (Å²) in [5.74, 6) is -4.62. The second kappa shape index (κ2) is 8.24. The van der Waals surface area contributed by atoms with Gasteiger partial charge in [-0.05, 0) is 36.4 Å². The molecule has 2 aromatic rings. The number of carbonyl (C=O) groups is 1. The summed E-state index contributed by atoms with van der Waals surface area (Å²) < 4.78 is 68.2. The number of phenolic OH excluding ortho intramolecular Hbond substituents is 1. The van der Waals surface area contributed by atoms with Crippen LogP contribution in [0.4, 0.5) is 22.0 Å². The first-order valence-corrected chi connectivity index (χ1v) is 7.97. The predicted molar refractivity (Wildman–Crippen MR) is 90.6 cm³/mol. The molecule has 0 spiro atoms. The van der Waals surface area contributed by atoms with Crippen molar-refractivity contribution >= 4 is 35.2 Å². The highest BCUT2D eigenvalue weighted by molar-refractivity contribution is 6.31. The summed E-state index contributed by atoms with van der Waals surface area (Å²) in [5, 5.41) is 17.6. The normalized spacial score (nSPS) is 15.5. The van der Waals surface area contributed by atoms with E-state index in [1.165, 1.54) is 12.1 Å². The van der Waals surface area contributed by atoms with Crippen molar-refractivity contribution in [2.75, 3.05) is 0 Å². The Labute approximate surface area is 164 Å². The van der Waals surface area contributed by atoms with E-state index in [9.17, 15) is 26.7 Å². The van der Waals surface area contributed by atoms with Gasteiger partial charge in [0.1, 0.15) is 0 Å². The first-order chi connectivity index (χ1) is 12.9. The van der Waals surface area contributed by atoms with Crippen molar-refractivity contribution in [1.29, 1.82) is 0 Å². The van der Waals surface area contributed by atoms with Crippen molar-refractivity contribution in [3.8, 4) is 11.5 Å². The Bertz CT molecular complexity index is 944. The zero-order valence-corrected chi connectivity index (χ0v) is 14.9. The van der Waals surface area contributed by atoms with E-state index in [2.05, 4.69) is 4.74 Å². The van der Waals surface area contributed by atoms with Crippen LogP contribution in [-0.4, -0.2) is 28.5 Å². The molecule has 0 aliphatic carbocycles. The molecule has 0 radical (unpaired) electrons. The quantitative estimate of drug-likeness (QED) is 0.575. The number of halogens is 7. The summed E-state index contributed by atoms with van der Waals surface area (Å²) in [5.41, 5.74) is -1.18. The average molecular weight is 443 g/mol. The number of hydrogen-bond donors (Lipinski definition) is 2. The third kappa shape index (κ3) is 5.05. The monoisotopic (exact) mass is 442 g/mol. The van der Waals surface area contributed by atoms with Gasteiger partial charge in [-0.3, -0.25) is 0 Å². The Hall–Kier alpha value is -2.52. The average Bonchev–Trinajstić information content (AvgIpc) is 2.57. The zero-order valence-electron chi connectivity index (χ0n) is 13.4. The van der Waals surface area contributed by atoms with E-state index in [0.717, 1.165) is 18.2 Å². The van der Waals surface area contributed by atoms with Crippen LogP contribution in [-0.2, 0) is 4.79 Å². The fourth-order valence-corrected chi connectivity index (χ4v) is 2.51. The number of alkyl halides is 3. The molecular formula is C17H9Cl2F5O4. The lowest BCUT2D eigenvalue weighted by molar-refractivity contribution is -0.187. The highest BCUT2D eigenvalue weighted by Gasteiger charge is 2.48. The lowest BCUT2D eigenvalue weighted by atomic mass is 10.0. The topological polar surface area (TPSA) is 66.8 Å². The minimum absolute atomic E-state index is 0.0775. The molecule has 4 nitrogen and oxygen atoms in total. The van der Waals surface area contributed by atoms with Crippen LogP contribution in [0.2, 0.25) is 10.0 Å². The van der Waals surface area contributed by atoms with Crippen LogP contribution >= 0.6 is 23.2 Å². The zero-order chi connectivity index (χ0) is 21.2. The SMILES string of the molecule is O=C(O)C1=Cc2cc(Cl)cc(F)c2OC1C(F)(F)F.Oc1ccc(Cl)cc1F. The Balaban J connectivity index is 0.000000261. The molecule has 2 N–H and O–H groups in total. The van der Waals surface area contributed by atoms with Gasteiger partial charge in [0.25, 0.3) is 0 Å². The largest absolute Gasteiger partial charge is 0.505 e. The summed E-state index contributed by atoms with van der Waals surface area (Å²) in [6, 6.07) is 5.58. The van der Waals surface area contributed by atoms with Crippen LogP contribution in [0.25, 0.3) is 6.08 Å². The van der Waals surface area contributed by atoms with Gasteiger partial charge in [-0.1, -0.05) is 23.2 Å². The molecule has 28 heavy (non-hydrogen) atoms. The first kappa shape index (κ1) is 21.8. The maximum Gasteiger partial charge on any atom is 0.430 e. The number of aromatic hydroxyl groups is 1. The van der Waals surface area contributed by atoms with Crippen LogP contribution in [0.15, 0.2) is 35.9 Å². The van der Waals surface area contributed by atoms with Crippen LogP contribution in [0.1, 0.15) is 5.56 Å². The Kier molecular flexibility index (Phi) is 6.41. The summed E-state index contributed by atoms with van der Waals surface area (Å²) in [6.45, 7) is 0. The molecule has 1 aliphatic rings. The molecule has 3 rings (SSSR count). The van der Waals surface area contributed by atoms with E-state index >= 15 is 0 Å². The van der Waals surface area contributed by atoms with Crippen molar-refractivity contribution in [2.45, 2.75) is 12.3 Å². The van der Waals surface area contributed by atoms with E-state index in [-0.39, 0.29) is 21.4 Å². The van der Waals surface area contributed by atoms with Crippen molar-refractivity contribution in [1.82, 2.24) is 0 Å². The standard InChI is InChI=1S/C11H5ClF4O3.C6H4ClFO/c12-5-1-4-2-6(10(17)18)9(11(14,15)16)19-8(4)7(13)3-5;7-4-1-2-6(9)5(8)3-4/h1-3,9H,(H,17,18);1-3,9H. The number of phenols is 1. The van der Waals surface area contributed by atoms with Crippen LogP contribution in [0.5, 0.6) is 11.5 Å². The molecule has 0 bridgehead atoms. The summed E-state index contributed by atoms with van der Waals surface area (Å²) >= 11 is 10.9. The molecule has 2 aromatic carbocycles. The number of ether oxygens (including phenoxy) is 1. The highest BCUT2D eigenvalue weighted by atomic mass is 35.5. The van der Waals surface area contributed by atoms with Gasteiger partial charge < -0.3 is 14.9 Å². The molecule has 1 unspecified atom stereocenters. The molecular weight excluding hydrogens is 434 g/mol. The summed E-state index contributed by atoms with van der Waals surface area (Å²) in [4.78, 5) is 10.8. The van der Waals surface area contributed by atoms with Crippen LogP contribution < -0.4 is 4.74 Å². The van der Waals surface area contributed by atoms with Gasteiger partial charge in [-0.2, -0.15) is 13.2 Å².